The average Bonchev–Trinajstić information content (AvgIpc) is 2.57. The molecular formula is C14H15ClF2O2. The monoisotopic (exact) mass is 288 g/mol. The van der Waals surface area contributed by atoms with Gasteiger partial charge in [-0.25, -0.2) is 8.78 Å². The number of carbonyl (C=O) groups excluding carboxylic acids is 1. The van der Waals surface area contributed by atoms with Crippen LogP contribution in [-0.2, 0) is 4.74 Å². The summed E-state index contributed by atoms with van der Waals surface area (Å²) in [5.41, 5.74) is 0.0157. The highest BCUT2D eigenvalue weighted by atomic mass is 35.5. The van der Waals surface area contributed by atoms with Crippen LogP contribution in [0.3, 0.4) is 0 Å². The first-order chi connectivity index (χ1) is 8.82. The van der Waals surface area contributed by atoms with Gasteiger partial charge in [-0.05, 0) is 31.9 Å². The fourth-order valence-corrected chi connectivity index (χ4v) is 2.85. The molecule has 1 fully saturated rings. The number of benzene rings is 1. The Balaban J connectivity index is 2.37. The third kappa shape index (κ3) is 2.51. The Labute approximate surface area is 115 Å². The van der Waals surface area contributed by atoms with Crippen molar-refractivity contribution < 1.29 is 18.3 Å². The molecule has 0 aliphatic carbocycles. The summed E-state index contributed by atoms with van der Waals surface area (Å²) >= 11 is 5.84. The largest absolute Gasteiger partial charge is 0.374 e. The van der Waals surface area contributed by atoms with Crippen LogP contribution in [0.1, 0.15) is 31.1 Å². The normalized spacial score (nSPS) is 30.6. The Morgan fingerprint density at radius 1 is 1.16 bits per heavy atom. The van der Waals surface area contributed by atoms with Crippen molar-refractivity contribution in [3.8, 4) is 0 Å². The number of ether oxygens (including phenoxy) is 1. The quantitative estimate of drug-likeness (QED) is 0.610. The minimum Gasteiger partial charge on any atom is -0.374 e. The van der Waals surface area contributed by atoms with E-state index in [1.165, 1.54) is 0 Å². The summed E-state index contributed by atoms with van der Waals surface area (Å²) in [5, 5.41) is -0.0668. The highest BCUT2D eigenvalue weighted by molar-refractivity contribution is 6.34. The van der Waals surface area contributed by atoms with Crippen molar-refractivity contribution in [3.63, 3.8) is 0 Å². The molecule has 4 unspecified atom stereocenters. The molecule has 1 aliphatic heterocycles. The standard InChI is InChI=1S/C14H15ClF2O2/c1-6-7(2)19-8(3)13(6)14(18)9-4-11(16)12(17)5-10(9)15/h4-8,13H,1-3H3. The molecule has 5 heteroatoms. The molecule has 4 atom stereocenters. The average molecular weight is 289 g/mol. The van der Waals surface area contributed by atoms with E-state index in [0.717, 1.165) is 12.1 Å². The molecule has 1 saturated heterocycles. The topological polar surface area (TPSA) is 26.3 Å². The van der Waals surface area contributed by atoms with Crippen molar-refractivity contribution >= 4 is 17.4 Å². The van der Waals surface area contributed by atoms with Gasteiger partial charge in [-0.2, -0.15) is 0 Å². The number of halogens is 3. The van der Waals surface area contributed by atoms with Crippen LogP contribution in [0.4, 0.5) is 8.78 Å². The number of rotatable bonds is 2. The summed E-state index contributed by atoms with van der Waals surface area (Å²) in [4.78, 5) is 12.4. The van der Waals surface area contributed by atoms with Gasteiger partial charge < -0.3 is 4.74 Å². The van der Waals surface area contributed by atoms with Crippen molar-refractivity contribution in [2.75, 3.05) is 0 Å². The van der Waals surface area contributed by atoms with E-state index < -0.39 is 17.6 Å². The van der Waals surface area contributed by atoms with E-state index in [0.29, 0.717) is 0 Å². The van der Waals surface area contributed by atoms with Gasteiger partial charge in [0.1, 0.15) is 0 Å². The van der Waals surface area contributed by atoms with E-state index in [1.54, 1.807) is 6.92 Å². The Morgan fingerprint density at radius 2 is 1.74 bits per heavy atom. The number of hydrogen-bond donors (Lipinski definition) is 0. The van der Waals surface area contributed by atoms with Crippen molar-refractivity contribution in [1.29, 1.82) is 0 Å². The van der Waals surface area contributed by atoms with Crippen LogP contribution < -0.4 is 0 Å². The molecule has 1 aliphatic rings. The molecule has 104 valence electrons. The predicted molar refractivity (Wildman–Crippen MR) is 68.4 cm³/mol. The van der Waals surface area contributed by atoms with Gasteiger partial charge in [-0.1, -0.05) is 18.5 Å². The second-order valence-corrected chi connectivity index (χ2v) is 5.45. The summed E-state index contributed by atoms with van der Waals surface area (Å²) in [6.45, 7) is 5.60. The zero-order valence-electron chi connectivity index (χ0n) is 10.9. The van der Waals surface area contributed by atoms with E-state index in [2.05, 4.69) is 0 Å². The fraction of sp³-hybridized carbons (Fsp3) is 0.500. The second-order valence-electron chi connectivity index (χ2n) is 5.04. The van der Waals surface area contributed by atoms with E-state index in [9.17, 15) is 13.6 Å². The van der Waals surface area contributed by atoms with Gasteiger partial charge in [-0.3, -0.25) is 4.79 Å². The van der Waals surface area contributed by atoms with Crippen LogP contribution >= 0.6 is 11.6 Å². The highest BCUT2D eigenvalue weighted by Crippen LogP contribution is 2.36. The van der Waals surface area contributed by atoms with E-state index in [-0.39, 0.29) is 34.5 Å². The number of ketones is 1. The van der Waals surface area contributed by atoms with Gasteiger partial charge in [0, 0.05) is 5.56 Å². The summed E-state index contributed by atoms with van der Waals surface area (Å²) in [6, 6.07) is 1.70. The van der Waals surface area contributed by atoms with Gasteiger partial charge in [-0.15, -0.1) is 0 Å². The van der Waals surface area contributed by atoms with Crippen LogP contribution in [0.25, 0.3) is 0 Å². The van der Waals surface area contributed by atoms with Crippen LogP contribution in [0.5, 0.6) is 0 Å². The number of Topliss-reactive ketones (excluding diaryl/α,β-unsaturated/α-hetero) is 1. The van der Waals surface area contributed by atoms with Crippen molar-refractivity contribution in [3.05, 3.63) is 34.4 Å². The minimum absolute atomic E-state index is 0.00619. The van der Waals surface area contributed by atoms with E-state index in [1.807, 2.05) is 13.8 Å². The maximum Gasteiger partial charge on any atom is 0.170 e. The first kappa shape index (κ1) is 14.4. The summed E-state index contributed by atoms with van der Waals surface area (Å²) in [5.74, 6) is -2.81. The van der Waals surface area contributed by atoms with Gasteiger partial charge >= 0.3 is 0 Å². The van der Waals surface area contributed by atoms with Crippen molar-refractivity contribution in [1.82, 2.24) is 0 Å². The van der Waals surface area contributed by atoms with Gasteiger partial charge in [0.25, 0.3) is 0 Å². The molecule has 0 spiro atoms. The molecule has 0 saturated carbocycles. The second kappa shape index (κ2) is 5.17. The summed E-state index contributed by atoms with van der Waals surface area (Å²) in [7, 11) is 0. The van der Waals surface area contributed by atoms with E-state index in [4.69, 9.17) is 16.3 Å². The van der Waals surface area contributed by atoms with Crippen molar-refractivity contribution in [2.45, 2.75) is 33.0 Å². The lowest BCUT2D eigenvalue weighted by atomic mass is 9.83. The Morgan fingerprint density at radius 3 is 2.26 bits per heavy atom. The lowest BCUT2D eigenvalue weighted by Gasteiger charge is -2.17. The SMILES string of the molecule is CC1OC(C)C(C(=O)c2cc(F)c(F)cc2Cl)C1C. The van der Waals surface area contributed by atoms with E-state index >= 15 is 0 Å². The molecule has 0 bridgehead atoms. The molecule has 1 heterocycles. The summed E-state index contributed by atoms with van der Waals surface area (Å²) < 4.78 is 31.9. The Kier molecular flexibility index (Phi) is 3.92. The number of carbonyl (C=O) groups is 1. The fourth-order valence-electron chi connectivity index (χ4n) is 2.61. The van der Waals surface area contributed by atoms with Crippen LogP contribution in [0.15, 0.2) is 12.1 Å². The molecule has 0 radical (unpaired) electrons. The van der Waals surface area contributed by atoms with Crippen molar-refractivity contribution in [2.24, 2.45) is 11.8 Å². The maximum absolute atomic E-state index is 13.3. The lowest BCUT2D eigenvalue weighted by Crippen LogP contribution is -2.27. The zero-order chi connectivity index (χ0) is 14.3. The third-order valence-electron chi connectivity index (χ3n) is 3.82. The molecule has 1 aromatic rings. The minimum atomic E-state index is -1.07. The molecule has 0 amide bonds. The molecule has 2 nitrogen and oxygen atoms in total. The van der Waals surface area contributed by atoms with Crippen LogP contribution in [0.2, 0.25) is 5.02 Å². The molecule has 19 heavy (non-hydrogen) atoms. The number of hydrogen-bond acceptors (Lipinski definition) is 2. The Hall–Kier alpha value is -1.00. The third-order valence-corrected chi connectivity index (χ3v) is 4.13. The van der Waals surface area contributed by atoms with Gasteiger partial charge in [0.05, 0.1) is 23.1 Å². The summed E-state index contributed by atoms with van der Waals surface area (Å²) in [6.07, 6.45) is -0.310. The molecule has 0 N–H and O–H groups in total. The predicted octanol–water partition coefficient (Wildman–Crippen LogP) is 3.86. The molecule has 2 rings (SSSR count). The first-order valence-electron chi connectivity index (χ1n) is 6.17. The van der Waals surface area contributed by atoms with Gasteiger partial charge in [0.2, 0.25) is 0 Å². The molecule has 1 aromatic carbocycles. The van der Waals surface area contributed by atoms with Crippen LogP contribution in [-0.4, -0.2) is 18.0 Å². The smallest absolute Gasteiger partial charge is 0.170 e. The molecular weight excluding hydrogens is 274 g/mol. The zero-order valence-corrected chi connectivity index (χ0v) is 11.7. The van der Waals surface area contributed by atoms with Gasteiger partial charge in [0.15, 0.2) is 17.4 Å². The lowest BCUT2D eigenvalue weighted by molar-refractivity contribution is 0.0491. The first-order valence-corrected chi connectivity index (χ1v) is 6.55. The molecule has 0 aromatic heterocycles. The van der Waals surface area contributed by atoms with Crippen LogP contribution in [0, 0.1) is 23.5 Å². The Bertz CT molecular complexity index is 518. The highest BCUT2D eigenvalue weighted by Gasteiger charge is 2.42. The maximum atomic E-state index is 13.3.